The first kappa shape index (κ1) is 12.5. The fourth-order valence-electron chi connectivity index (χ4n) is 1.50. The van der Waals surface area contributed by atoms with Crippen LogP contribution in [0, 0.1) is 0 Å². The van der Waals surface area contributed by atoms with Gasteiger partial charge in [-0.3, -0.25) is 4.79 Å². The molecule has 1 aromatic heterocycles. The summed E-state index contributed by atoms with van der Waals surface area (Å²) in [7, 11) is 1.62. The van der Waals surface area contributed by atoms with E-state index < -0.39 is 5.24 Å². The van der Waals surface area contributed by atoms with E-state index in [1.54, 1.807) is 13.2 Å². The van der Waals surface area contributed by atoms with Crippen molar-refractivity contribution in [2.24, 2.45) is 0 Å². The van der Waals surface area contributed by atoms with Crippen molar-refractivity contribution >= 4 is 22.9 Å². The summed E-state index contributed by atoms with van der Waals surface area (Å²) in [5, 5.41) is -0.530. The minimum absolute atomic E-state index is 0.530. The first-order chi connectivity index (χ1) is 8.69. The van der Waals surface area contributed by atoms with Crippen LogP contribution >= 0.6 is 11.6 Å². The van der Waals surface area contributed by atoms with Crippen molar-refractivity contribution in [2.45, 2.75) is 0 Å². The molecule has 0 aliphatic carbocycles. The fraction of sp³-hybridized carbons (Fsp3) is 0.0714. The second kappa shape index (κ2) is 5.56. The zero-order valence-electron chi connectivity index (χ0n) is 9.72. The molecule has 1 aromatic carbocycles. The lowest BCUT2D eigenvalue weighted by atomic mass is 10.2. The molecule has 0 fully saturated rings. The third-order valence-electron chi connectivity index (χ3n) is 2.38. The van der Waals surface area contributed by atoms with Crippen LogP contribution in [0.4, 0.5) is 0 Å². The molecule has 0 unspecified atom stereocenters. The first-order valence-electron chi connectivity index (χ1n) is 5.31. The summed E-state index contributed by atoms with van der Waals surface area (Å²) < 4.78 is 10.6. The molecule has 2 aromatic rings. The standard InChI is InChI=1S/C14H11ClO3/c1-17-11-4-2-10(3-5-11)13-8-6-12(18-13)7-9-14(15)16/h2-9H,1H3/b9-7+. The molecule has 2 rings (SSSR count). The maximum atomic E-state index is 10.6. The summed E-state index contributed by atoms with van der Waals surface area (Å²) in [6, 6.07) is 11.1. The van der Waals surface area contributed by atoms with Crippen LogP contribution in [-0.4, -0.2) is 12.4 Å². The Kier molecular flexibility index (Phi) is 3.85. The zero-order valence-corrected chi connectivity index (χ0v) is 10.5. The van der Waals surface area contributed by atoms with E-state index in [1.165, 1.54) is 12.2 Å². The zero-order chi connectivity index (χ0) is 13.0. The van der Waals surface area contributed by atoms with Crippen LogP contribution in [0.25, 0.3) is 17.4 Å². The van der Waals surface area contributed by atoms with E-state index in [4.69, 9.17) is 20.8 Å². The monoisotopic (exact) mass is 262 g/mol. The number of furan rings is 1. The molecule has 0 aliphatic heterocycles. The van der Waals surface area contributed by atoms with Crippen molar-refractivity contribution in [3.05, 3.63) is 48.2 Å². The molecule has 0 aliphatic rings. The number of hydrogen-bond donors (Lipinski definition) is 0. The minimum atomic E-state index is -0.530. The predicted octanol–water partition coefficient (Wildman–Crippen LogP) is 3.73. The largest absolute Gasteiger partial charge is 0.497 e. The van der Waals surface area contributed by atoms with Crippen LogP contribution < -0.4 is 4.74 Å². The van der Waals surface area contributed by atoms with Gasteiger partial charge in [0.05, 0.1) is 7.11 Å². The molecule has 0 spiro atoms. The summed E-state index contributed by atoms with van der Waals surface area (Å²) >= 11 is 5.20. The van der Waals surface area contributed by atoms with Gasteiger partial charge in [-0.15, -0.1) is 0 Å². The molecular weight excluding hydrogens is 252 g/mol. The van der Waals surface area contributed by atoms with E-state index in [9.17, 15) is 4.79 Å². The van der Waals surface area contributed by atoms with Crippen LogP contribution in [0.15, 0.2) is 46.9 Å². The molecule has 3 nitrogen and oxygen atoms in total. The summed E-state index contributed by atoms with van der Waals surface area (Å²) in [5.74, 6) is 2.09. The van der Waals surface area contributed by atoms with Crippen molar-refractivity contribution in [3.8, 4) is 17.1 Å². The van der Waals surface area contributed by atoms with Crippen LogP contribution in [-0.2, 0) is 4.79 Å². The maximum absolute atomic E-state index is 10.6. The average molecular weight is 263 g/mol. The molecule has 0 bridgehead atoms. The predicted molar refractivity (Wildman–Crippen MR) is 70.6 cm³/mol. The van der Waals surface area contributed by atoms with Gasteiger partial charge in [-0.25, -0.2) is 0 Å². The minimum Gasteiger partial charge on any atom is -0.497 e. The van der Waals surface area contributed by atoms with E-state index in [1.807, 2.05) is 30.3 Å². The summed E-state index contributed by atoms with van der Waals surface area (Å²) in [5.41, 5.74) is 0.938. The third-order valence-corrected chi connectivity index (χ3v) is 2.51. The molecule has 0 radical (unpaired) electrons. The second-order valence-electron chi connectivity index (χ2n) is 3.57. The third kappa shape index (κ3) is 3.02. The lowest BCUT2D eigenvalue weighted by Gasteiger charge is -2.00. The number of carbonyl (C=O) groups is 1. The van der Waals surface area contributed by atoms with E-state index in [0.29, 0.717) is 5.76 Å². The number of hydrogen-bond acceptors (Lipinski definition) is 3. The lowest BCUT2D eigenvalue weighted by molar-refractivity contribution is -0.107. The Morgan fingerprint density at radius 1 is 1.22 bits per heavy atom. The van der Waals surface area contributed by atoms with Gasteiger partial charge in [-0.1, -0.05) is 0 Å². The van der Waals surface area contributed by atoms with Crippen LogP contribution in [0.3, 0.4) is 0 Å². The quantitative estimate of drug-likeness (QED) is 0.622. The van der Waals surface area contributed by atoms with Crippen molar-refractivity contribution in [2.75, 3.05) is 7.11 Å². The molecule has 0 N–H and O–H groups in total. The van der Waals surface area contributed by atoms with Gasteiger partial charge >= 0.3 is 0 Å². The number of ether oxygens (including phenoxy) is 1. The summed E-state index contributed by atoms with van der Waals surface area (Å²) in [6.45, 7) is 0. The second-order valence-corrected chi connectivity index (χ2v) is 3.94. The van der Waals surface area contributed by atoms with Gasteiger partial charge in [0, 0.05) is 11.6 Å². The Morgan fingerprint density at radius 3 is 2.56 bits per heavy atom. The highest BCUT2D eigenvalue weighted by Crippen LogP contribution is 2.24. The Balaban J connectivity index is 2.20. The number of benzene rings is 1. The first-order valence-corrected chi connectivity index (χ1v) is 5.68. The van der Waals surface area contributed by atoms with Crippen molar-refractivity contribution in [1.29, 1.82) is 0 Å². The molecule has 1 heterocycles. The summed E-state index contributed by atoms with van der Waals surface area (Å²) in [6.07, 6.45) is 2.78. The van der Waals surface area contributed by atoms with Gasteiger partial charge in [0.1, 0.15) is 17.3 Å². The normalized spacial score (nSPS) is 10.8. The number of rotatable bonds is 4. The van der Waals surface area contributed by atoms with E-state index >= 15 is 0 Å². The van der Waals surface area contributed by atoms with Crippen molar-refractivity contribution in [1.82, 2.24) is 0 Å². The number of methoxy groups -OCH3 is 1. The summed E-state index contributed by atoms with van der Waals surface area (Å²) in [4.78, 5) is 10.6. The van der Waals surface area contributed by atoms with Crippen LogP contribution in [0.2, 0.25) is 0 Å². The molecule has 0 amide bonds. The van der Waals surface area contributed by atoms with Crippen LogP contribution in [0.1, 0.15) is 5.76 Å². The van der Waals surface area contributed by atoms with Crippen molar-refractivity contribution in [3.63, 3.8) is 0 Å². The highest BCUT2D eigenvalue weighted by atomic mass is 35.5. The van der Waals surface area contributed by atoms with E-state index in [2.05, 4.69) is 0 Å². The maximum Gasteiger partial charge on any atom is 0.245 e. The number of allylic oxidation sites excluding steroid dienone is 1. The fourth-order valence-corrected chi connectivity index (χ4v) is 1.56. The van der Waals surface area contributed by atoms with Gasteiger partial charge < -0.3 is 9.15 Å². The molecule has 18 heavy (non-hydrogen) atoms. The Morgan fingerprint density at radius 2 is 1.94 bits per heavy atom. The van der Waals surface area contributed by atoms with Crippen LogP contribution in [0.5, 0.6) is 5.75 Å². The topological polar surface area (TPSA) is 39.4 Å². The van der Waals surface area contributed by atoms with Gasteiger partial charge in [0.15, 0.2) is 0 Å². The lowest BCUT2D eigenvalue weighted by Crippen LogP contribution is -1.81. The highest BCUT2D eigenvalue weighted by Gasteiger charge is 2.03. The molecular formula is C14H11ClO3. The smallest absolute Gasteiger partial charge is 0.245 e. The Hall–Kier alpha value is -2.00. The van der Waals surface area contributed by atoms with Gasteiger partial charge in [0.25, 0.3) is 0 Å². The van der Waals surface area contributed by atoms with Gasteiger partial charge in [-0.2, -0.15) is 0 Å². The van der Waals surface area contributed by atoms with Gasteiger partial charge in [-0.05, 0) is 54.1 Å². The Labute approximate surface area is 110 Å². The number of halogens is 1. The average Bonchev–Trinajstić information content (AvgIpc) is 2.85. The molecule has 0 atom stereocenters. The molecule has 92 valence electrons. The molecule has 0 saturated carbocycles. The SMILES string of the molecule is COc1ccc(-c2ccc(/C=C/C(=O)Cl)o2)cc1. The van der Waals surface area contributed by atoms with Crippen molar-refractivity contribution < 1.29 is 13.9 Å². The molecule has 4 heteroatoms. The highest BCUT2D eigenvalue weighted by molar-refractivity contribution is 6.66. The Bertz CT molecular complexity index is 567. The van der Waals surface area contributed by atoms with Gasteiger partial charge in [0.2, 0.25) is 5.24 Å². The number of carbonyl (C=O) groups excluding carboxylic acids is 1. The van der Waals surface area contributed by atoms with E-state index in [0.717, 1.165) is 17.1 Å². The van der Waals surface area contributed by atoms with E-state index in [-0.39, 0.29) is 0 Å². The molecule has 0 saturated heterocycles.